The zero-order chi connectivity index (χ0) is 21.0. The number of nitrogens with one attached hydrogen (secondary N) is 1. The molecule has 29 heavy (non-hydrogen) atoms. The van der Waals surface area contributed by atoms with Gasteiger partial charge in [-0.2, -0.15) is 0 Å². The van der Waals surface area contributed by atoms with Gasteiger partial charge in [0, 0.05) is 22.5 Å². The van der Waals surface area contributed by atoms with Gasteiger partial charge in [0.1, 0.15) is 11.3 Å². The number of fused-ring (bicyclic) bond motifs is 1. The Morgan fingerprint density at radius 3 is 2.72 bits per heavy atom. The molecule has 0 bridgehead atoms. The quantitative estimate of drug-likeness (QED) is 0.402. The van der Waals surface area contributed by atoms with E-state index in [1.165, 1.54) is 7.11 Å². The Morgan fingerprint density at radius 2 is 2.03 bits per heavy atom. The molecule has 0 radical (unpaired) electrons. The lowest BCUT2D eigenvalue weighted by Gasteiger charge is -2.11. The van der Waals surface area contributed by atoms with Gasteiger partial charge in [-0.1, -0.05) is 33.6 Å². The highest BCUT2D eigenvalue weighted by atomic mass is 79.9. The lowest BCUT2D eigenvalue weighted by molar-refractivity contribution is -0.116. The molecule has 0 atom stereocenters. The van der Waals surface area contributed by atoms with E-state index in [-0.39, 0.29) is 11.6 Å². The number of rotatable bonds is 7. The molecule has 7 nitrogen and oxygen atoms in total. The summed E-state index contributed by atoms with van der Waals surface area (Å²) in [5, 5.41) is 4.15. The molecule has 9 heteroatoms. The first-order valence-electron chi connectivity index (χ1n) is 8.99. The molecule has 0 aliphatic carbocycles. The molecule has 0 saturated heterocycles. The van der Waals surface area contributed by atoms with Gasteiger partial charge in [-0.15, -0.1) is 0 Å². The van der Waals surface area contributed by atoms with Gasteiger partial charge in [0.2, 0.25) is 5.91 Å². The number of esters is 1. The largest absolute Gasteiger partial charge is 0.464 e. The van der Waals surface area contributed by atoms with Crippen LogP contribution in [-0.4, -0.2) is 38.9 Å². The fourth-order valence-corrected chi connectivity index (χ4v) is 3.42. The zero-order valence-electron chi connectivity index (χ0n) is 16.0. The number of anilines is 1. The van der Waals surface area contributed by atoms with Crippen molar-refractivity contribution in [2.24, 2.45) is 0 Å². The Bertz CT molecular complexity index is 1070. The number of carbonyl (C=O) groups is 2. The molecule has 0 saturated carbocycles. The van der Waals surface area contributed by atoms with Gasteiger partial charge in [0.15, 0.2) is 11.3 Å². The lowest BCUT2D eigenvalue weighted by Crippen LogP contribution is -2.11. The van der Waals surface area contributed by atoms with Crippen molar-refractivity contribution in [3.63, 3.8) is 0 Å². The molecule has 0 unspecified atom stereocenters. The molecule has 0 spiro atoms. The molecule has 152 valence electrons. The summed E-state index contributed by atoms with van der Waals surface area (Å²) < 4.78 is 6.64. The summed E-state index contributed by atoms with van der Waals surface area (Å²) in [6, 6.07) is 8.73. The van der Waals surface area contributed by atoms with E-state index in [1.807, 2.05) is 23.6 Å². The van der Waals surface area contributed by atoms with Crippen LogP contribution >= 0.6 is 27.5 Å². The predicted octanol–water partition coefficient (Wildman–Crippen LogP) is 4.34. The van der Waals surface area contributed by atoms with Gasteiger partial charge in [0.25, 0.3) is 0 Å². The van der Waals surface area contributed by atoms with Crippen LogP contribution in [0.1, 0.15) is 34.7 Å². The van der Waals surface area contributed by atoms with Gasteiger partial charge < -0.3 is 14.6 Å². The van der Waals surface area contributed by atoms with Crippen LogP contribution in [0.3, 0.4) is 0 Å². The molecule has 1 N–H and O–H groups in total. The van der Waals surface area contributed by atoms with E-state index in [4.69, 9.17) is 16.3 Å². The highest BCUT2D eigenvalue weighted by Gasteiger charge is 2.15. The molecule has 2 aromatic heterocycles. The number of benzene rings is 1. The van der Waals surface area contributed by atoms with Gasteiger partial charge >= 0.3 is 5.97 Å². The van der Waals surface area contributed by atoms with Crippen molar-refractivity contribution in [2.45, 2.75) is 26.3 Å². The number of methoxy groups -OCH3 is 1. The number of hydrogen-bond donors (Lipinski definition) is 1. The maximum Gasteiger partial charge on any atom is 0.356 e. The van der Waals surface area contributed by atoms with Crippen LogP contribution in [0.25, 0.3) is 11.2 Å². The number of aryl methyl sites for hydroxylation is 1. The normalized spacial score (nSPS) is 10.9. The van der Waals surface area contributed by atoms with Crippen molar-refractivity contribution in [3.05, 3.63) is 52.4 Å². The van der Waals surface area contributed by atoms with Crippen LogP contribution in [0.15, 0.2) is 30.3 Å². The molecule has 0 fully saturated rings. The number of amides is 1. The molecular weight excluding hydrogens is 460 g/mol. The summed E-state index contributed by atoms with van der Waals surface area (Å²) in [5.74, 6) is 0.192. The van der Waals surface area contributed by atoms with Crippen molar-refractivity contribution in [2.75, 3.05) is 17.8 Å². The average molecular weight is 480 g/mol. The van der Waals surface area contributed by atoms with E-state index < -0.39 is 5.97 Å². The Hall–Kier alpha value is -2.45. The highest BCUT2D eigenvalue weighted by Crippen LogP contribution is 2.24. The Kier molecular flexibility index (Phi) is 6.87. The van der Waals surface area contributed by atoms with Crippen molar-refractivity contribution in [1.82, 2.24) is 14.5 Å². The molecule has 2 heterocycles. The van der Waals surface area contributed by atoms with Crippen molar-refractivity contribution < 1.29 is 14.3 Å². The molecule has 3 rings (SSSR count). The molecule has 0 aliphatic rings. The van der Waals surface area contributed by atoms with E-state index in [0.29, 0.717) is 34.8 Å². The Labute approximate surface area is 181 Å². The highest BCUT2D eigenvalue weighted by molar-refractivity contribution is 9.09. The van der Waals surface area contributed by atoms with Crippen LogP contribution in [-0.2, 0) is 16.1 Å². The standard InChI is InChI=1S/C20H20BrClN4O3/c1-12-23-16-7-8-17(20(28)29-2)25-19(16)26(12)11-13-5-6-14(10-15(13)22)24-18(27)4-3-9-21/h5-8,10H,3-4,9,11H2,1-2H3,(H,24,27). The number of pyridine rings is 1. The second kappa shape index (κ2) is 9.37. The number of carbonyl (C=O) groups excluding carboxylic acids is 2. The summed E-state index contributed by atoms with van der Waals surface area (Å²) in [5.41, 5.74) is 2.97. The number of nitrogens with zero attached hydrogens (tertiary/aromatic N) is 3. The van der Waals surface area contributed by atoms with Crippen LogP contribution in [0.5, 0.6) is 0 Å². The van der Waals surface area contributed by atoms with Crippen molar-refractivity contribution >= 4 is 56.3 Å². The lowest BCUT2D eigenvalue weighted by atomic mass is 10.2. The SMILES string of the molecule is COC(=O)c1ccc2nc(C)n(Cc3ccc(NC(=O)CCCBr)cc3Cl)c2n1. The second-order valence-electron chi connectivity index (χ2n) is 6.42. The smallest absolute Gasteiger partial charge is 0.356 e. The topological polar surface area (TPSA) is 86.1 Å². The number of halogens is 2. The maximum absolute atomic E-state index is 11.9. The van der Waals surface area contributed by atoms with E-state index in [1.54, 1.807) is 18.2 Å². The summed E-state index contributed by atoms with van der Waals surface area (Å²) in [7, 11) is 1.32. The average Bonchev–Trinajstić information content (AvgIpc) is 3.02. The number of imidazole rings is 1. The Morgan fingerprint density at radius 1 is 1.24 bits per heavy atom. The van der Waals surface area contributed by atoms with E-state index in [0.717, 1.165) is 23.1 Å². The minimum Gasteiger partial charge on any atom is -0.464 e. The third-order valence-electron chi connectivity index (χ3n) is 4.38. The van der Waals surface area contributed by atoms with Crippen LogP contribution in [0, 0.1) is 6.92 Å². The third-order valence-corrected chi connectivity index (χ3v) is 5.29. The fourth-order valence-electron chi connectivity index (χ4n) is 2.90. The summed E-state index contributed by atoms with van der Waals surface area (Å²) in [6.45, 7) is 2.29. The maximum atomic E-state index is 11.9. The molecule has 1 aromatic carbocycles. The molecule has 0 aliphatic heterocycles. The van der Waals surface area contributed by atoms with E-state index in [2.05, 4.69) is 31.2 Å². The van der Waals surface area contributed by atoms with Gasteiger partial charge in [0.05, 0.1) is 13.7 Å². The molecule has 3 aromatic rings. The predicted molar refractivity (Wildman–Crippen MR) is 116 cm³/mol. The minimum absolute atomic E-state index is 0.0516. The van der Waals surface area contributed by atoms with Crippen LogP contribution in [0.2, 0.25) is 5.02 Å². The van der Waals surface area contributed by atoms with Gasteiger partial charge in [-0.05, 0) is 43.2 Å². The van der Waals surface area contributed by atoms with Crippen LogP contribution < -0.4 is 5.32 Å². The number of ether oxygens (including phenoxy) is 1. The van der Waals surface area contributed by atoms with Gasteiger partial charge in [-0.3, -0.25) is 4.79 Å². The summed E-state index contributed by atoms with van der Waals surface area (Å²) in [4.78, 5) is 32.6. The number of hydrogen-bond acceptors (Lipinski definition) is 5. The van der Waals surface area contributed by atoms with E-state index in [9.17, 15) is 9.59 Å². The van der Waals surface area contributed by atoms with E-state index >= 15 is 0 Å². The number of alkyl halides is 1. The number of aromatic nitrogens is 3. The Balaban J connectivity index is 1.86. The third kappa shape index (κ3) is 4.94. The first-order chi connectivity index (χ1) is 13.9. The zero-order valence-corrected chi connectivity index (χ0v) is 18.4. The van der Waals surface area contributed by atoms with Crippen molar-refractivity contribution in [3.8, 4) is 0 Å². The molecular formula is C20H20BrClN4O3. The second-order valence-corrected chi connectivity index (χ2v) is 7.62. The van der Waals surface area contributed by atoms with Gasteiger partial charge in [-0.25, -0.2) is 14.8 Å². The monoisotopic (exact) mass is 478 g/mol. The first kappa shape index (κ1) is 21.3. The van der Waals surface area contributed by atoms with Crippen LogP contribution in [0.4, 0.5) is 5.69 Å². The minimum atomic E-state index is -0.504. The van der Waals surface area contributed by atoms with Crippen molar-refractivity contribution in [1.29, 1.82) is 0 Å². The summed E-state index contributed by atoms with van der Waals surface area (Å²) >= 11 is 9.77. The summed E-state index contributed by atoms with van der Waals surface area (Å²) in [6.07, 6.45) is 1.21. The molecule has 1 amide bonds. The first-order valence-corrected chi connectivity index (χ1v) is 10.5. The fraction of sp³-hybridized carbons (Fsp3) is 0.300.